The van der Waals surface area contributed by atoms with Crippen LogP contribution in [0.5, 0.6) is 0 Å². The van der Waals surface area contributed by atoms with Crippen LogP contribution in [0.3, 0.4) is 0 Å². The van der Waals surface area contributed by atoms with E-state index in [-0.39, 0.29) is 5.78 Å². The van der Waals surface area contributed by atoms with Crippen molar-refractivity contribution in [2.75, 3.05) is 5.32 Å². The maximum absolute atomic E-state index is 13.1. The first-order valence-electron chi connectivity index (χ1n) is 8.11. The van der Waals surface area contributed by atoms with Crippen LogP contribution in [0.1, 0.15) is 21.5 Å². The normalized spacial score (nSPS) is 10.8. The summed E-state index contributed by atoms with van der Waals surface area (Å²) in [6, 6.07) is 12.8. The number of hydrogen-bond donors (Lipinski definition) is 2. The van der Waals surface area contributed by atoms with Crippen molar-refractivity contribution in [1.82, 2.24) is 15.0 Å². The SMILES string of the molecule is O=C(c1cccnc1NCc1ccncc1)c1c[nH]c2cc(Cl)ccc12. The molecule has 0 amide bonds. The molecule has 4 rings (SSSR count). The van der Waals surface area contributed by atoms with Gasteiger partial charge in [-0.15, -0.1) is 0 Å². The molecule has 0 aliphatic carbocycles. The smallest absolute Gasteiger partial charge is 0.198 e. The minimum absolute atomic E-state index is 0.0936. The largest absolute Gasteiger partial charge is 0.365 e. The highest BCUT2D eigenvalue weighted by atomic mass is 35.5. The molecule has 0 spiro atoms. The van der Waals surface area contributed by atoms with Gasteiger partial charge in [0.2, 0.25) is 0 Å². The highest BCUT2D eigenvalue weighted by Gasteiger charge is 2.18. The van der Waals surface area contributed by atoms with Crippen molar-refractivity contribution in [2.45, 2.75) is 6.54 Å². The second kappa shape index (κ2) is 6.98. The van der Waals surface area contributed by atoms with Crippen LogP contribution in [0.4, 0.5) is 5.82 Å². The number of nitrogens with one attached hydrogen (secondary N) is 2. The van der Waals surface area contributed by atoms with Gasteiger partial charge in [0.05, 0.1) is 5.56 Å². The lowest BCUT2D eigenvalue weighted by Gasteiger charge is -2.10. The molecule has 1 aromatic carbocycles. The fraction of sp³-hybridized carbons (Fsp3) is 0.0500. The zero-order valence-corrected chi connectivity index (χ0v) is 14.5. The van der Waals surface area contributed by atoms with Crippen LogP contribution in [0.25, 0.3) is 10.9 Å². The third-order valence-electron chi connectivity index (χ3n) is 4.15. The van der Waals surface area contributed by atoms with Gasteiger partial charge in [-0.25, -0.2) is 4.98 Å². The number of aromatic amines is 1. The lowest BCUT2D eigenvalue weighted by atomic mass is 10.0. The predicted octanol–water partition coefficient (Wildman–Crippen LogP) is 4.45. The molecular formula is C20H15ClN4O. The second-order valence-electron chi connectivity index (χ2n) is 5.83. The van der Waals surface area contributed by atoms with Crippen LogP contribution in [-0.2, 0) is 6.54 Å². The molecule has 3 heterocycles. The van der Waals surface area contributed by atoms with Crippen LogP contribution in [0, 0.1) is 0 Å². The maximum Gasteiger partial charge on any atom is 0.198 e. The molecule has 4 aromatic rings. The maximum atomic E-state index is 13.1. The minimum atomic E-state index is -0.0936. The third kappa shape index (κ3) is 3.17. The summed E-state index contributed by atoms with van der Waals surface area (Å²) < 4.78 is 0. The van der Waals surface area contributed by atoms with Gasteiger partial charge in [-0.3, -0.25) is 9.78 Å². The summed E-state index contributed by atoms with van der Waals surface area (Å²) in [5.74, 6) is 0.460. The van der Waals surface area contributed by atoms with Crippen LogP contribution in [-0.4, -0.2) is 20.7 Å². The van der Waals surface area contributed by atoms with E-state index in [0.717, 1.165) is 16.5 Å². The van der Waals surface area contributed by atoms with Gasteiger partial charge in [-0.2, -0.15) is 0 Å². The van der Waals surface area contributed by atoms with Crippen molar-refractivity contribution in [2.24, 2.45) is 0 Å². The zero-order chi connectivity index (χ0) is 17.9. The Hall–Kier alpha value is -3.18. The van der Waals surface area contributed by atoms with Crippen LogP contribution in [0.2, 0.25) is 5.02 Å². The third-order valence-corrected chi connectivity index (χ3v) is 4.39. The van der Waals surface area contributed by atoms with E-state index < -0.39 is 0 Å². The molecule has 0 radical (unpaired) electrons. The summed E-state index contributed by atoms with van der Waals surface area (Å²) in [5, 5.41) is 4.70. The summed E-state index contributed by atoms with van der Waals surface area (Å²) in [6.07, 6.45) is 6.85. The quantitative estimate of drug-likeness (QED) is 0.514. The summed E-state index contributed by atoms with van der Waals surface area (Å²) in [5.41, 5.74) is 3.01. The number of aromatic nitrogens is 3. The Labute approximate surface area is 155 Å². The van der Waals surface area contributed by atoms with E-state index in [0.29, 0.717) is 28.5 Å². The highest BCUT2D eigenvalue weighted by Crippen LogP contribution is 2.26. The first-order chi connectivity index (χ1) is 12.7. The van der Waals surface area contributed by atoms with Gasteiger partial charge >= 0.3 is 0 Å². The molecule has 0 fully saturated rings. The van der Waals surface area contributed by atoms with E-state index in [9.17, 15) is 4.79 Å². The van der Waals surface area contributed by atoms with Crippen molar-refractivity contribution >= 4 is 34.1 Å². The minimum Gasteiger partial charge on any atom is -0.365 e. The van der Waals surface area contributed by atoms with E-state index in [1.165, 1.54) is 0 Å². The van der Waals surface area contributed by atoms with E-state index in [2.05, 4.69) is 20.3 Å². The van der Waals surface area contributed by atoms with Crippen molar-refractivity contribution < 1.29 is 4.79 Å². The van der Waals surface area contributed by atoms with Crippen LogP contribution < -0.4 is 5.32 Å². The fourth-order valence-corrected chi connectivity index (χ4v) is 3.02. The Morgan fingerprint density at radius 3 is 2.77 bits per heavy atom. The average Bonchev–Trinajstić information content (AvgIpc) is 3.10. The molecule has 0 saturated carbocycles. The molecule has 5 nitrogen and oxygen atoms in total. The van der Waals surface area contributed by atoms with Gasteiger partial charge < -0.3 is 10.3 Å². The summed E-state index contributed by atoms with van der Waals surface area (Å²) >= 11 is 6.02. The number of nitrogens with zero attached hydrogens (tertiary/aromatic N) is 2. The molecule has 0 bridgehead atoms. The van der Waals surface area contributed by atoms with Gasteiger partial charge in [0.1, 0.15) is 5.82 Å². The number of rotatable bonds is 5. The monoisotopic (exact) mass is 362 g/mol. The standard InChI is InChI=1S/C20H15ClN4O/c21-14-3-4-15-17(12-24-18(15)10-14)19(26)16-2-1-7-23-20(16)25-11-13-5-8-22-9-6-13/h1-10,12,24H,11H2,(H,23,25). The molecule has 0 aliphatic heterocycles. The highest BCUT2D eigenvalue weighted by molar-refractivity contribution is 6.31. The topological polar surface area (TPSA) is 70.7 Å². The van der Waals surface area contributed by atoms with E-state index >= 15 is 0 Å². The number of anilines is 1. The average molecular weight is 363 g/mol. The molecule has 26 heavy (non-hydrogen) atoms. The molecule has 0 atom stereocenters. The lowest BCUT2D eigenvalue weighted by Crippen LogP contribution is -2.09. The Morgan fingerprint density at radius 2 is 1.92 bits per heavy atom. The van der Waals surface area contributed by atoms with Crippen LogP contribution in [0.15, 0.2) is 67.3 Å². The number of pyridine rings is 2. The zero-order valence-electron chi connectivity index (χ0n) is 13.7. The molecular weight excluding hydrogens is 348 g/mol. The summed E-state index contributed by atoms with van der Waals surface area (Å²) in [7, 11) is 0. The molecule has 2 N–H and O–H groups in total. The number of hydrogen-bond acceptors (Lipinski definition) is 4. The number of ketones is 1. The van der Waals surface area contributed by atoms with E-state index in [4.69, 9.17) is 11.6 Å². The number of carbonyl (C=O) groups excluding carboxylic acids is 1. The van der Waals surface area contributed by atoms with Crippen molar-refractivity contribution in [1.29, 1.82) is 0 Å². The number of halogens is 1. The molecule has 6 heteroatoms. The van der Waals surface area contributed by atoms with Gasteiger partial charge in [-0.05, 0) is 42.0 Å². The van der Waals surface area contributed by atoms with E-state index in [1.807, 2.05) is 18.2 Å². The first-order valence-corrected chi connectivity index (χ1v) is 8.49. The van der Waals surface area contributed by atoms with Gasteiger partial charge in [0.25, 0.3) is 0 Å². The van der Waals surface area contributed by atoms with Crippen molar-refractivity contribution in [3.63, 3.8) is 0 Å². The first kappa shape index (κ1) is 16.3. The van der Waals surface area contributed by atoms with E-state index in [1.54, 1.807) is 49.1 Å². The van der Waals surface area contributed by atoms with Gasteiger partial charge in [-0.1, -0.05) is 17.7 Å². The number of benzene rings is 1. The number of carbonyl (C=O) groups is 1. The molecule has 0 aliphatic rings. The Balaban J connectivity index is 1.65. The van der Waals surface area contributed by atoms with Crippen molar-refractivity contribution in [3.05, 3.63) is 89.0 Å². The van der Waals surface area contributed by atoms with Gasteiger partial charge in [0, 0.05) is 52.8 Å². The predicted molar refractivity (Wildman–Crippen MR) is 103 cm³/mol. The Kier molecular flexibility index (Phi) is 4.37. The second-order valence-corrected chi connectivity index (χ2v) is 6.27. The van der Waals surface area contributed by atoms with Crippen molar-refractivity contribution in [3.8, 4) is 0 Å². The number of fused-ring (bicyclic) bond motifs is 1. The summed E-state index contributed by atoms with van der Waals surface area (Å²) in [4.78, 5) is 24.5. The Morgan fingerprint density at radius 1 is 1.08 bits per heavy atom. The molecule has 128 valence electrons. The van der Waals surface area contributed by atoms with Crippen LogP contribution >= 0.6 is 11.6 Å². The lowest BCUT2D eigenvalue weighted by molar-refractivity contribution is 0.104. The molecule has 0 saturated heterocycles. The summed E-state index contributed by atoms with van der Waals surface area (Å²) in [6.45, 7) is 0.559. The number of H-pyrrole nitrogens is 1. The Bertz CT molecular complexity index is 1080. The molecule has 3 aromatic heterocycles. The molecule has 0 unspecified atom stereocenters. The van der Waals surface area contributed by atoms with Gasteiger partial charge in [0.15, 0.2) is 5.78 Å². The fourth-order valence-electron chi connectivity index (χ4n) is 2.85.